The number of aliphatic hydroxyl groups excluding tert-OH is 2. The SMILES string of the molecule is CC(CCCSCC(O)CO)(NC1CC1)C(=O)O. The minimum Gasteiger partial charge on any atom is -0.480 e. The van der Waals surface area contributed by atoms with Gasteiger partial charge in [0.25, 0.3) is 0 Å². The van der Waals surface area contributed by atoms with Crippen molar-refractivity contribution in [3.05, 3.63) is 0 Å². The van der Waals surface area contributed by atoms with Gasteiger partial charge in [0.05, 0.1) is 12.7 Å². The highest BCUT2D eigenvalue weighted by molar-refractivity contribution is 7.99. The summed E-state index contributed by atoms with van der Waals surface area (Å²) in [4.78, 5) is 11.3. The van der Waals surface area contributed by atoms with Crippen molar-refractivity contribution in [3.63, 3.8) is 0 Å². The predicted octanol–water partition coefficient (Wildman–Crippen LogP) is 0.448. The van der Waals surface area contributed by atoms with Crippen LogP contribution in [0.1, 0.15) is 32.6 Å². The molecule has 0 amide bonds. The molecule has 4 N–H and O–H groups in total. The summed E-state index contributed by atoms with van der Waals surface area (Å²) < 4.78 is 0. The molecule has 106 valence electrons. The Morgan fingerprint density at radius 2 is 2.22 bits per heavy atom. The largest absolute Gasteiger partial charge is 0.480 e. The van der Waals surface area contributed by atoms with Gasteiger partial charge in [0, 0.05) is 11.8 Å². The Kier molecular flexibility index (Phi) is 6.42. The van der Waals surface area contributed by atoms with Gasteiger partial charge in [-0.15, -0.1) is 0 Å². The van der Waals surface area contributed by atoms with E-state index in [-0.39, 0.29) is 6.61 Å². The third-order valence-corrected chi connectivity index (χ3v) is 4.26. The number of aliphatic hydroxyl groups is 2. The fourth-order valence-corrected chi connectivity index (χ4v) is 2.61. The van der Waals surface area contributed by atoms with Crippen LogP contribution in [0.2, 0.25) is 0 Å². The number of carboxylic acid groups (broad SMARTS) is 1. The summed E-state index contributed by atoms with van der Waals surface area (Å²) in [7, 11) is 0. The number of nitrogens with one attached hydrogen (secondary N) is 1. The summed E-state index contributed by atoms with van der Waals surface area (Å²) in [5, 5.41) is 30.2. The predicted molar refractivity (Wildman–Crippen MR) is 71.9 cm³/mol. The molecule has 1 fully saturated rings. The Morgan fingerprint density at radius 1 is 1.56 bits per heavy atom. The van der Waals surface area contributed by atoms with Crippen molar-refractivity contribution in [2.75, 3.05) is 18.1 Å². The van der Waals surface area contributed by atoms with Crippen LogP contribution in [0.15, 0.2) is 0 Å². The molecule has 2 unspecified atom stereocenters. The molecule has 0 saturated heterocycles. The molecule has 1 aliphatic rings. The van der Waals surface area contributed by atoms with E-state index in [2.05, 4.69) is 5.32 Å². The van der Waals surface area contributed by atoms with E-state index in [1.54, 1.807) is 18.7 Å². The Balaban J connectivity index is 2.19. The molecule has 0 radical (unpaired) electrons. The van der Waals surface area contributed by atoms with Gasteiger partial charge in [0.1, 0.15) is 5.54 Å². The topological polar surface area (TPSA) is 89.8 Å². The second kappa shape index (κ2) is 7.33. The van der Waals surface area contributed by atoms with E-state index in [0.717, 1.165) is 25.0 Å². The maximum absolute atomic E-state index is 11.3. The van der Waals surface area contributed by atoms with Crippen molar-refractivity contribution in [2.45, 2.75) is 50.3 Å². The third kappa shape index (κ3) is 5.56. The molecule has 1 aliphatic carbocycles. The third-order valence-electron chi connectivity index (χ3n) is 3.06. The maximum atomic E-state index is 11.3. The van der Waals surface area contributed by atoms with Gasteiger partial charge in [-0.2, -0.15) is 11.8 Å². The molecule has 0 heterocycles. The first-order valence-corrected chi connectivity index (χ1v) is 7.51. The second-order valence-electron chi connectivity index (χ2n) is 5.07. The van der Waals surface area contributed by atoms with Crippen LogP contribution in [-0.2, 0) is 4.79 Å². The van der Waals surface area contributed by atoms with Gasteiger partial charge in [-0.25, -0.2) is 0 Å². The van der Waals surface area contributed by atoms with Crippen molar-refractivity contribution in [3.8, 4) is 0 Å². The van der Waals surface area contributed by atoms with E-state index in [9.17, 15) is 9.90 Å². The standard InChI is InChI=1S/C12H23NO4S/c1-12(11(16)17,13-9-3-4-9)5-2-6-18-8-10(15)7-14/h9-10,13-15H,2-8H2,1H3,(H,16,17). The van der Waals surface area contributed by atoms with Crippen molar-refractivity contribution >= 4 is 17.7 Å². The van der Waals surface area contributed by atoms with E-state index in [1.165, 1.54) is 0 Å². The van der Waals surface area contributed by atoms with Gasteiger partial charge in [-0.05, 0) is 38.4 Å². The van der Waals surface area contributed by atoms with Crippen LogP contribution < -0.4 is 5.32 Å². The summed E-state index contributed by atoms with van der Waals surface area (Å²) in [6, 6.07) is 0.370. The average molecular weight is 277 g/mol. The molecule has 0 aromatic rings. The van der Waals surface area contributed by atoms with Crippen molar-refractivity contribution in [2.24, 2.45) is 0 Å². The highest BCUT2D eigenvalue weighted by atomic mass is 32.2. The van der Waals surface area contributed by atoms with E-state index < -0.39 is 17.6 Å². The Bertz CT molecular complexity index is 273. The maximum Gasteiger partial charge on any atom is 0.323 e. The minimum atomic E-state index is -0.836. The monoisotopic (exact) mass is 277 g/mol. The van der Waals surface area contributed by atoms with Gasteiger partial charge in [0.2, 0.25) is 0 Å². The first-order chi connectivity index (χ1) is 8.48. The average Bonchev–Trinajstić information content (AvgIpc) is 3.11. The quantitative estimate of drug-likeness (QED) is 0.434. The van der Waals surface area contributed by atoms with E-state index >= 15 is 0 Å². The van der Waals surface area contributed by atoms with Crippen LogP contribution in [0.4, 0.5) is 0 Å². The lowest BCUT2D eigenvalue weighted by Crippen LogP contribution is -2.50. The molecule has 18 heavy (non-hydrogen) atoms. The van der Waals surface area contributed by atoms with Crippen molar-refractivity contribution in [1.82, 2.24) is 5.32 Å². The molecule has 2 atom stereocenters. The molecule has 0 aliphatic heterocycles. The normalized spacial score (nSPS) is 20.4. The minimum absolute atomic E-state index is 0.219. The first kappa shape index (κ1) is 15.8. The fourth-order valence-electron chi connectivity index (χ4n) is 1.72. The number of aliphatic carboxylic acids is 1. The molecule has 0 bridgehead atoms. The van der Waals surface area contributed by atoms with E-state index in [0.29, 0.717) is 18.2 Å². The van der Waals surface area contributed by atoms with Crippen LogP contribution in [0.5, 0.6) is 0 Å². The number of hydrogen-bond acceptors (Lipinski definition) is 5. The zero-order valence-electron chi connectivity index (χ0n) is 10.8. The zero-order chi connectivity index (χ0) is 13.6. The molecule has 6 heteroatoms. The number of thioether (sulfide) groups is 1. The fraction of sp³-hybridized carbons (Fsp3) is 0.917. The summed E-state index contributed by atoms with van der Waals surface area (Å²) in [5.41, 5.74) is -0.836. The van der Waals surface area contributed by atoms with Crippen molar-refractivity contribution < 1.29 is 20.1 Å². The number of hydrogen-bond donors (Lipinski definition) is 4. The molecular weight excluding hydrogens is 254 g/mol. The van der Waals surface area contributed by atoms with Gasteiger partial charge in [-0.1, -0.05) is 0 Å². The highest BCUT2D eigenvalue weighted by Crippen LogP contribution is 2.25. The van der Waals surface area contributed by atoms with Crippen LogP contribution >= 0.6 is 11.8 Å². The molecule has 0 aromatic heterocycles. The lowest BCUT2D eigenvalue weighted by atomic mass is 9.96. The lowest BCUT2D eigenvalue weighted by Gasteiger charge is -2.26. The van der Waals surface area contributed by atoms with Gasteiger partial charge in [-0.3, -0.25) is 10.1 Å². The molecule has 1 rings (SSSR count). The van der Waals surface area contributed by atoms with Crippen molar-refractivity contribution in [1.29, 1.82) is 0 Å². The summed E-state index contributed by atoms with van der Waals surface area (Å²) in [6.45, 7) is 1.52. The molecule has 0 spiro atoms. The lowest BCUT2D eigenvalue weighted by molar-refractivity contribution is -0.144. The number of carbonyl (C=O) groups is 1. The summed E-state index contributed by atoms with van der Waals surface area (Å²) in [5.74, 6) is 0.498. The Morgan fingerprint density at radius 3 is 2.72 bits per heavy atom. The summed E-state index contributed by atoms with van der Waals surface area (Å²) in [6.07, 6.45) is 2.83. The molecular formula is C12H23NO4S. The van der Waals surface area contributed by atoms with E-state index in [4.69, 9.17) is 10.2 Å². The Labute approximate surface area is 112 Å². The van der Waals surface area contributed by atoms with E-state index in [1.807, 2.05) is 0 Å². The molecule has 1 saturated carbocycles. The van der Waals surface area contributed by atoms with Gasteiger partial charge in [0.15, 0.2) is 0 Å². The number of rotatable bonds is 10. The van der Waals surface area contributed by atoms with Gasteiger partial charge >= 0.3 is 5.97 Å². The van der Waals surface area contributed by atoms with Crippen LogP contribution in [0, 0.1) is 0 Å². The first-order valence-electron chi connectivity index (χ1n) is 6.35. The van der Waals surface area contributed by atoms with Crippen LogP contribution in [0.3, 0.4) is 0 Å². The number of carboxylic acids is 1. The van der Waals surface area contributed by atoms with Gasteiger partial charge < -0.3 is 15.3 Å². The molecule has 0 aromatic carbocycles. The highest BCUT2D eigenvalue weighted by Gasteiger charge is 2.37. The smallest absolute Gasteiger partial charge is 0.323 e. The molecule has 5 nitrogen and oxygen atoms in total. The Hall–Kier alpha value is -0.300. The van der Waals surface area contributed by atoms with Crippen LogP contribution in [0.25, 0.3) is 0 Å². The zero-order valence-corrected chi connectivity index (χ0v) is 11.6. The second-order valence-corrected chi connectivity index (χ2v) is 6.22. The van der Waals surface area contributed by atoms with Crippen LogP contribution in [-0.4, -0.2) is 57.1 Å². The summed E-state index contributed by atoms with van der Waals surface area (Å²) >= 11 is 1.54.